The summed E-state index contributed by atoms with van der Waals surface area (Å²) >= 11 is 0. The number of H-pyrrole nitrogens is 1. The number of aromatic amines is 1. The van der Waals surface area contributed by atoms with E-state index in [1.165, 1.54) is 12.4 Å². The molecule has 0 saturated heterocycles. The van der Waals surface area contributed by atoms with Gasteiger partial charge in [-0.05, 0) is 0 Å². The van der Waals surface area contributed by atoms with E-state index >= 15 is 0 Å². The minimum atomic E-state index is -3.53. The van der Waals surface area contributed by atoms with Crippen molar-refractivity contribution < 1.29 is 8.42 Å². The first-order valence-electron chi connectivity index (χ1n) is 5.49. The predicted octanol–water partition coefficient (Wildman–Crippen LogP) is -0.458. The lowest BCUT2D eigenvalue weighted by molar-refractivity contribution is 0.550. The van der Waals surface area contributed by atoms with Crippen LogP contribution in [0.25, 0.3) is 0 Å². The van der Waals surface area contributed by atoms with Gasteiger partial charge in [-0.2, -0.15) is 0 Å². The van der Waals surface area contributed by atoms with Gasteiger partial charge in [0.25, 0.3) is 10.0 Å². The van der Waals surface area contributed by atoms with E-state index < -0.39 is 10.0 Å². The van der Waals surface area contributed by atoms with Crippen molar-refractivity contribution in [2.45, 2.75) is 24.9 Å². The van der Waals surface area contributed by atoms with Crippen molar-refractivity contribution in [1.29, 1.82) is 0 Å². The Morgan fingerprint density at radius 2 is 2.33 bits per heavy atom. The fourth-order valence-electron chi connectivity index (χ4n) is 1.38. The quantitative estimate of drug-likeness (QED) is 0.739. The third-order valence-corrected chi connectivity index (χ3v) is 3.71. The lowest BCUT2D eigenvalue weighted by Gasteiger charge is -2.04. The van der Waals surface area contributed by atoms with Crippen LogP contribution in [0, 0.1) is 0 Å². The Hall–Kier alpha value is -1.74. The van der Waals surface area contributed by atoms with Crippen molar-refractivity contribution in [1.82, 2.24) is 29.7 Å². The van der Waals surface area contributed by atoms with Crippen LogP contribution in [-0.4, -0.2) is 39.9 Å². The van der Waals surface area contributed by atoms with Gasteiger partial charge in [0.1, 0.15) is 5.82 Å². The first-order chi connectivity index (χ1) is 8.62. The van der Waals surface area contributed by atoms with Crippen LogP contribution < -0.4 is 4.72 Å². The van der Waals surface area contributed by atoms with Gasteiger partial charge in [0.15, 0.2) is 5.03 Å². The zero-order valence-corrected chi connectivity index (χ0v) is 10.7. The van der Waals surface area contributed by atoms with E-state index in [2.05, 4.69) is 25.0 Å². The maximum absolute atomic E-state index is 11.9. The molecular weight excluding hydrogens is 256 g/mol. The van der Waals surface area contributed by atoms with Crippen LogP contribution in [-0.2, 0) is 23.0 Å². The maximum atomic E-state index is 11.9. The monoisotopic (exact) mass is 270 g/mol. The number of imidazole rings is 1. The first-order valence-corrected chi connectivity index (χ1v) is 6.98. The van der Waals surface area contributed by atoms with Gasteiger partial charge < -0.3 is 4.98 Å². The molecule has 0 aliphatic heterocycles. The van der Waals surface area contributed by atoms with E-state index in [4.69, 9.17) is 0 Å². The average molecular weight is 270 g/mol. The molecule has 0 atom stereocenters. The van der Waals surface area contributed by atoms with E-state index in [0.717, 1.165) is 0 Å². The molecule has 2 N–H and O–H groups in total. The smallest absolute Gasteiger partial charge is 0.257 e. The predicted molar refractivity (Wildman–Crippen MR) is 63.2 cm³/mol. The first kappa shape index (κ1) is 12.7. The third kappa shape index (κ3) is 2.93. The molecule has 98 valence electrons. The Morgan fingerprint density at radius 1 is 1.50 bits per heavy atom. The zero-order chi connectivity index (χ0) is 13.0. The van der Waals surface area contributed by atoms with Crippen molar-refractivity contribution in [2.75, 3.05) is 6.54 Å². The Morgan fingerprint density at radius 3 is 2.94 bits per heavy atom. The highest BCUT2D eigenvalue weighted by Gasteiger charge is 2.16. The standard InChI is InChI=1S/C9H14N6O2S/c1-2-8-10-7-9(13-8)18(16,17)12-4-6-15-5-3-11-14-15/h3,5,7,12H,2,4,6H2,1H3,(H,10,13). The summed E-state index contributed by atoms with van der Waals surface area (Å²) in [6, 6.07) is 0. The minimum absolute atomic E-state index is 0.0814. The van der Waals surface area contributed by atoms with Gasteiger partial charge in [-0.25, -0.2) is 18.1 Å². The highest BCUT2D eigenvalue weighted by Crippen LogP contribution is 2.05. The van der Waals surface area contributed by atoms with Gasteiger partial charge in [0.2, 0.25) is 0 Å². The van der Waals surface area contributed by atoms with Crippen molar-refractivity contribution >= 4 is 10.0 Å². The zero-order valence-electron chi connectivity index (χ0n) is 9.87. The summed E-state index contributed by atoms with van der Waals surface area (Å²) in [6.07, 6.45) is 5.18. The van der Waals surface area contributed by atoms with Gasteiger partial charge in [0.05, 0.1) is 18.9 Å². The second kappa shape index (κ2) is 5.27. The Bertz CT molecular complexity index is 588. The molecule has 0 aliphatic carbocycles. The van der Waals surface area contributed by atoms with Crippen molar-refractivity contribution in [3.05, 3.63) is 24.4 Å². The van der Waals surface area contributed by atoms with Crippen LogP contribution in [0.15, 0.2) is 23.6 Å². The fourth-order valence-corrected chi connectivity index (χ4v) is 2.34. The van der Waals surface area contributed by atoms with Gasteiger partial charge in [-0.3, -0.25) is 4.68 Å². The van der Waals surface area contributed by atoms with Gasteiger partial charge in [-0.15, -0.1) is 5.10 Å². The summed E-state index contributed by atoms with van der Waals surface area (Å²) in [5.41, 5.74) is 0. The van der Waals surface area contributed by atoms with Crippen molar-refractivity contribution in [3.63, 3.8) is 0 Å². The molecule has 8 nitrogen and oxygen atoms in total. The molecule has 2 rings (SSSR count). The molecule has 0 unspecified atom stereocenters. The molecule has 0 amide bonds. The van der Waals surface area contributed by atoms with Crippen LogP contribution >= 0.6 is 0 Å². The van der Waals surface area contributed by atoms with Crippen molar-refractivity contribution in [2.24, 2.45) is 0 Å². The highest BCUT2D eigenvalue weighted by molar-refractivity contribution is 7.89. The highest BCUT2D eigenvalue weighted by atomic mass is 32.2. The van der Waals surface area contributed by atoms with E-state index in [1.807, 2.05) is 6.92 Å². The SMILES string of the molecule is CCc1ncc(S(=O)(=O)NCCn2ccnn2)[nH]1. The Labute approximate surface area is 104 Å². The van der Waals surface area contributed by atoms with Crippen LogP contribution in [0.2, 0.25) is 0 Å². The molecule has 18 heavy (non-hydrogen) atoms. The summed E-state index contributed by atoms with van der Waals surface area (Å²) in [7, 11) is -3.53. The lowest BCUT2D eigenvalue weighted by Crippen LogP contribution is -2.27. The van der Waals surface area contributed by atoms with Gasteiger partial charge >= 0.3 is 0 Å². The number of aryl methyl sites for hydroxylation is 1. The summed E-state index contributed by atoms with van der Waals surface area (Å²) in [4.78, 5) is 6.71. The maximum Gasteiger partial charge on any atom is 0.257 e. The second-order valence-electron chi connectivity index (χ2n) is 3.61. The second-order valence-corrected chi connectivity index (χ2v) is 5.35. The molecule has 2 aromatic heterocycles. The van der Waals surface area contributed by atoms with E-state index in [-0.39, 0.29) is 11.6 Å². The third-order valence-electron chi connectivity index (χ3n) is 2.33. The van der Waals surface area contributed by atoms with Gasteiger partial charge in [0, 0.05) is 19.2 Å². The number of hydrogen-bond acceptors (Lipinski definition) is 5. The number of hydrogen-bond donors (Lipinski definition) is 2. The molecular formula is C9H14N6O2S. The molecule has 0 spiro atoms. The van der Waals surface area contributed by atoms with Crippen LogP contribution in [0.4, 0.5) is 0 Å². The Kier molecular flexibility index (Phi) is 3.72. The van der Waals surface area contributed by atoms with E-state index in [1.54, 1.807) is 10.9 Å². The van der Waals surface area contributed by atoms with Crippen LogP contribution in [0.3, 0.4) is 0 Å². The number of sulfonamides is 1. The molecule has 0 aromatic carbocycles. The van der Waals surface area contributed by atoms with Crippen LogP contribution in [0.1, 0.15) is 12.7 Å². The number of nitrogens with one attached hydrogen (secondary N) is 2. The molecule has 2 aromatic rings. The largest absolute Gasteiger partial charge is 0.332 e. The summed E-state index contributed by atoms with van der Waals surface area (Å²) in [5.74, 6) is 0.645. The van der Waals surface area contributed by atoms with E-state index in [9.17, 15) is 8.42 Å². The molecule has 0 fully saturated rings. The van der Waals surface area contributed by atoms with Gasteiger partial charge in [-0.1, -0.05) is 12.1 Å². The van der Waals surface area contributed by atoms with Crippen molar-refractivity contribution in [3.8, 4) is 0 Å². The number of nitrogens with zero attached hydrogens (tertiary/aromatic N) is 4. The average Bonchev–Trinajstić information content (AvgIpc) is 2.99. The number of aromatic nitrogens is 5. The molecule has 2 heterocycles. The minimum Gasteiger partial charge on any atom is -0.332 e. The molecule has 0 aliphatic rings. The summed E-state index contributed by atoms with van der Waals surface area (Å²) in [6.45, 7) is 2.56. The summed E-state index contributed by atoms with van der Waals surface area (Å²) in [5, 5.41) is 7.45. The topological polar surface area (TPSA) is 106 Å². The van der Waals surface area contributed by atoms with E-state index in [0.29, 0.717) is 18.8 Å². The molecule has 0 radical (unpaired) electrons. The fraction of sp³-hybridized carbons (Fsp3) is 0.444. The lowest BCUT2D eigenvalue weighted by atomic mass is 10.5. The van der Waals surface area contributed by atoms with Crippen LogP contribution in [0.5, 0.6) is 0 Å². The molecule has 9 heteroatoms. The molecule has 0 saturated carbocycles. The normalized spacial score (nSPS) is 11.8. The summed E-state index contributed by atoms with van der Waals surface area (Å²) < 4.78 is 27.7. The number of rotatable bonds is 6. The molecule has 0 bridgehead atoms. The Balaban J connectivity index is 1.95.